The summed E-state index contributed by atoms with van der Waals surface area (Å²) in [5.41, 5.74) is 12.1. The van der Waals surface area contributed by atoms with Gasteiger partial charge in [0.25, 0.3) is 0 Å². The molecule has 2 aromatic rings. The van der Waals surface area contributed by atoms with Crippen molar-refractivity contribution in [3.05, 3.63) is 29.3 Å². The highest BCUT2D eigenvalue weighted by molar-refractivity contribution is 7.99. The largest absolute Gasteiger partial charge is 0.368 e. The van der Waals surface area contributed by atoms with E-state index in [1.807, 2.05) is 29.2 Å². The van der Waals surface area contributed by atoms with Crippen molar-refractivity contribution in [3.63, 3.8) is 0 Å². The van der Waals surface area contributed by atoms with E-state index in [1.54, 1.807) is 0 Å². The molecular formula is C15H18ClN7OS. The molecule has 0 saturated carbocycles. The molecule has 0 radical (unpaired) electrons. The van der Waals surface area contributed by atoms with Gasteiger partial charge < -0.3 is 21.3 Å². The van der Waals surface area contributed by atoms with Crippen molar-refractivity contribution in [2.24, 2.45) is 0 Å². The Kier molecular flexibility index (Phi) is 5.44. The molecule has 0 aliphatic carbocycles. The number of aromatic nitrogens is 3. The highest BCUT2D eigenvalue weighted by Gasteiger charge is 2.21. The topological polar surface area (TPSA) is 114 Å². The highest BCUT2D eigenvalue weighted by Crippen LogP contribution is 2.21. The molecular weight excluding hydrogens is 362 g/mol. The van der Waals surface area contributed by atoms with Crippen LogP contribution in [0.15, 0.2) is 29.4 Å². The summed E-state index contributed by atoms with van der Waals surface area (Å²) in [6, 6.07) is 7.74. The number of nitrogens with two attached hydrogens (primary N) is 2. The van der Waals surface area contributed by atoms with E-state index in [0.29, 0.717) is 23.3 Å². The number of carbonyl (C=O) groups is 1. The predicted molar refractivity (Wildman–Crippen MR) is 99.6 cm³/mol. The summed E-state index contributed by atoms with van der Waals surface area (Å²) in [6.45, 7) is 2.85. The first-order valence-corrected chi connectivity index (χ1v) is 9.06. The van der Waals surface area contributed by atoms with Crippen LogP contribution in [0.5, 0.6) is 0 Å². The first-order valence-electron chi connectivity index (χ1n) is 7.69. The van der Waals surface area contributed by atoms with E-state index in [4.69, 9.17) is 23.1 Å². The molecule has 0 bridgehead atoms. The Morgan fingerprint density at radius 3 is 2.44 bits per heavy atom. The van der Waals surface area contributed by atoms with Crippen LogP contribution in [0.3, 0.4) is 0 Å². The lowest BCUT2D eigenvalue weighted by Gasteiger charge is -2.36. The van der Waals surface area contributed by atoms with Crippen LogP contribution in [0.25, 0.3) is 0 Å². The molecule has 25 heavy (non-hydrogen) atoms. The van der Waals surface area contributed by atoms with Crippen molar-refractivity contribution in [2.75, 3.05) is 48.3 Å². The molecule has 1 aliphatic heterocycles. The maximum Gasteiger partial charge on any atom is 0.233 e. The zero-order chi connectivity index (χ0) is 17.8. The Bertz CT molecular complexity index is 747. The molecule has 132 valence electrons. The highest BCUT2D eigenvalue weighted by atomic mass is 35.5. The second-order valence-corrected chi connectivity index (χ2v) is 6.85. The van der Waals surface area contributed by atoms with Gasteiger partial charge in [0.15, 0.2) is 5.16 Å². The van der Waals surface area contributed by atoms with Gasteiger partial charge in [0.1, 0.15) is 0 Å². The Balaban J connectivity index is 1.51. The second kappa shape index (κ2) is 7.75. The van der Waals surface area contributed by atoms with Gasteiger partial charge in [-0.3, -0.25) is 4.79 Å². The molecule has 1 aromatic heterocycles. The Morgan fingerprint density at radius 2 is 1.80 bits per heavy atom. The summed E-state index contributed by atoms with van der Waals surface area (Å²) in [5, 5.41) is 1.07. The number of benzene rings is 1. The number of nitrogen functional groups attached to an aromatic ring is 2. The van der Waals surface area contributed by atoms with E-state index in [9.17, 15) is 4.79 Å². The van der Waals surface area contributed by atoms with Crippen molar-refractivity contribution in [1.82, 2.24) is 19.9 Å². The predicted octanol–water partition coefficient (Wildman–Crippen LogP) is 1.13. The lowest BCUT2D eigenvalue weighted by molar-refractivity contribution is -0.128. The molecule has 1 saturated heterocycles. The van der Waals surface area contributed by atoms with Crippen molar-refractivity contribution in [3.8, 4) is 0 Å². The number of anilines is 3. The van der Waals surface area contributed by atoms with Gasteiger partial charge in [-0.25, -0.2) is 0 Å². The van der Waals surface area contributed by atoms with Crippen LogP contribution in [-0.2, 0) is 4.79 Å². The summed E-state index contributed by atoms with van der Waals surface area (Å²) in [6.07, 6.45) is 0. The molecule has 1 aromatic carbocycles. The average molecular weight is 380 g/mol. The number of thioether (sulfide) groups is 1. The molecule has 0 unspecified atom stereocenters. The SMILES string of the molecule is Nc1nc(N)nc(SCC(=O)N2CCN(c3cccc(Cl)c3)CC2)n1. The summed E-state index contributed by atoms with van der Waals surface area (Å²) in [7, 11) is 0. The first kappa shape index (κ1) is 17.6. The summed E-state index contributed by atoms with van der Waals surface area (Å²) >= 11 is 7.24. The molecule has 1 amide bonds. The number of halogens is 1. The lowest BCUT2D eigenvalue weighted by Crippen LogP contribution is -2.49. The van der Waals surface area contributed by atoms with Crippen molar-refractivity contribution in [2.45, 2.75) is 5.16 Å². The minimum atomic E-state index is 0.0355. The average Bonchev–Trinajstić information content (AvgIpc) is 2.59. The fraction of sp³-hybridized carbons (Fsp3) is 0.333. The molecule has 0 spiro atoms. The molecule has 1 fully saturated rings. The maximum atomic E-state index is 12.4. The van der Waals surface area contributed by atoms with Crippen LogP contribution in [0.2, 0.25) is 5.02 Å². The second-order valence-electron chi connectivity index (χ2n) is 5.47. The summed E-state index contributed by atoms with van der Waals surface area (Å²) in [5.74, 6) is 0.378. The molecule has 0 atom stereocenters. The van der Waals surface area contributed by atoms with Gasteiger partial charge in [-0.05, 0) is 18.2 Å². The van der Waals surface area contributed by atoms with Gasteiger partial charge in [-0.2, -0.15) is 15.0 Å². The minimum Gasteiger partial charge on any atom is -0.368 e. The van der Waals surface area contributed by atoms with Gasteiger partial charge in [0.05, 0.1) is 5.75 Å². The molecule has 1 aliphatic rings. The monoisotopic (exact) mass is 379 g/mol. The molecule has 10 heteroatoms. The van der Waals surface area contributed by atoms with E-state index in [-0.39, 0.29) is 23.6 Å². The van der Waals surface area contributed by atoms with E-state index < -0.39 is 0 Å². The Morgan fingerprint density at radius 1 is 1.12 bits per heavy atom. The van der Waals surface area contributed by atoms with Gasteiger partial charge in [-0.15, -0.1) is 0 Å². The van der Waals surface area contributed by atoms with E-state index >= 15 is 0 Å². The smallest absolute Gasteiger partial charge is 0.233 e. The Labute approximate surface area is 154 Å². The Hall–Kier alpha value is -2.26. The number of carbonyl (C=O) groups excluding carboxylic acids is 1. The van der Waals surface area contributed by atoms with Crippen LogP contribution in [-0.4, -0.2) is 57.7 Å². The van der Waals surface area contributed by atoms with Crippen molar-refractivity contribution >= 4 is 46.9 Å². The van der Waals surface area contributed by atoms with Gasteiger partial charge >= 0.3 is 0 Å². The first-order chi connectivity index (χ1) is 12.0. The standard InChI is InChI=1S/C15H18ClN7OS/c16-10-2-1-3-11(8-10)22-4-6-23(7-5-22)12(24)9-25-15-20-13(17)19-14(18)21-15/h1-3,8H,4-7,9H2,(H4,17,18,19,20,21). The van der Waals surface area contributed by atoms with Crippen molar-refractivity contribution in [1.29, 1.82) is 0 Å². The number of rotatable bonds is 4. The molecule has 4 N–H and O–H groups in total. The van der Waals surface area contributed by atoms with Crippen LogP contribution in [0.1, 0.15) is 0 Å². The van der Waals surface area contributed by atoms with E-state index in [2.05, 4.69) is 19.9 Å². The van der Waals surface area contributed by atoms with Crippen LogP contribution >= 0.6 is 23.4 Å². The minimum absolute atomic E-state index is 0.0355. The zero-order valence-electron chi connectivity index (χ0n) is 13.4. The quantitative estimate of drug-likeness (QED) is 0.760. The number of hydrogen-bond acceptors (Lipinski definition) is 8. The van der Waals surface area contributed by atoms with E-state index in [1.165, 1.54) is 11.8 Å². The van der Waals surface area contributed by atoms with Gasteiger partial charge in [-0.1, -0.05) is 29.4 Å². The van der Waals surface area contributed by atoms with E-state index in [0.717, 1.165) is 18.8 Å². The zero-order valence-corrected chi connectivity index (χ0v) is 15.0. The van der Waals surface area contributed by atoms with Crippen molar-refractivity contribution < 1.29 is 4.79 Å². The number of piperazine rings is 1. The fourth-order valence-electron chi connectivity index (χ4n) is 2.56. The third kappa shape index (κ3) is 4.64. The summed E-state index contributed by atoms with van der Waals surface area (Å²) < 4.78 is 0. The lowest BCUT2D eigenvalue weighted by atomic mass is 10.2. The third-order valence-electron chi connectivity index (χ3n) is 3.78. The van der Waals surface area contributed by atoms with Gasteiger partial charge in [0, 0.05) is 36.9 Å². The number of nitrogens with zero attached hydrogens (tertiary/aromatic N) is 5. The normalized spacial score (nSPS) is 14.6. The molecule has 3 rings (SSSR count). The molecule has 8 nitrogen and oxygen atoms in total. The maximum absolute atomic E-state index is 12.4. The van der Waals surface area contributed by atoms with Crippen LogP contribution < -0.4 is 16.4 Å². The third-order valence-corrected chi connectivity index (χ3v) is 4.85. The van der Waals surface area contributed by atoms with Gasteiger partial charge in [0.2, 0.25) is 17.8 Å². The number of hydrogen-bond donors (Lipinski definition) is 2. The number of amides is 1. The molecule has 2 heterocycles. The fourth-order valence-corrected chi connectivity index (χ4v) is 3.49. The van der Waals surface area contributed by atoms with Crippen LogP contribution in [0.4, 0.5) is 17.6 Å². The van der Waals surface area contributed by atoms with Crippen LogP contribution in [0, 0.1) is 0 Å². The summed E-state index contributed by atoms with van der Waals surface area (Å²) in [4.78, 5) is 28.0.